The lowest BCUT2D eigenvalue weighted by Gasteiger charge is -2.21. The smallest absolute Gasteiger partial charge is 0.326 e. The van der Waals surface area contributed by atoms with Crippen LogP contribution >= 0.6 is 0 Å². The van der Waals surface area contributed by atoms with Gasteiger partial charge in [0.25, 0.3) is 0 Å². The van der Waals surface area contributed by atoms with Crippen molar-refractivity contribution in [3.8, 4) is 0 Å². The first-order chi connectivity index (χ1) is 8.92. The number of carboxylic acids is 1. The summed E-state index contributed by atoms with van der Waals surface area (Å²) in [6.07, 6.45) is 2.62. The van der Waals surface area contributed by atoms with E-state index in [1.54, 1.807) is 13.8 Å². The second-order valence-corrected chi connectivity index (χ2v) is 5.17. The van der Waals surface area contributed by atoms with Gasteiger partial charge < -0.3 is 15.3 Å². The molecular weight excluding hydrogens is 244 g/mol. The summed E-state index contributed by atoms with van der Waals surface area (Å²) in [6.45, 7) is 10.4. The molecule has 0 aromatic rings. The summed E-state index contributed by atoms with van der Waals surface area (Å²) in [5.74, 6) is -1.26. The van der Waals surface area contributed by atoms with Crippen LogP contribution in [0.15, 0.2) is 0 Å². The Labute approximate surface area is 116 Å². The Morgan fingerprint density at radius 3 is 2.26 bits per heavy atom. The average Bonchev–Trinajstić information content (AvgIpc) is 2.35. The summed E-state index contributed by atoms with van der Waals surface area (Å²) >= 11 is 0. The molecule has 0 radical (unpaired) electrons. The Morgan fingerprint density at radius 2 is 1.84 bits per heavy atom. The molecule has 5 nitrogen and oxygen atoms in total. The zero-order valence-corrected chi connectivity index (χ0v) is 12.6. The molecule has 112 valence electrons. The number of carbonyl (C=O) groups excluding carboxylic acids is 1. The van der Waals surface area contributed by atoms with Crippen LogP contribution in [0.25, 0.3) is 0 Å². The molecule has 0 aromatic heterocycles. The molecule has 0 bridgehead atoms. The van der Waals surface area contributed by atoms with Gasteiger partial charge in [-0.2, -0.15) is 0 Å². The van der Waals surface area contributed by atoms with Gasteiger partial charge >= 0.3 is 5.97 Å². The van der Waals surface area contributed by atoms with Crippen molar-refractivity contribution >= 4 is 11.9 Å². The molecule has 0 aliphatic carbocycles. The SMILES string of the molecule is CCCCN(CC)CCC(=O)NC(C(=O)O)C(C)C. The van der Waals surface area contributed by atoms with Gasteiger partial charge in [0.15, 0.2) is 0 Å². The number of hydrogen-bond donors (Lipinski definition) is 2. The number of amides is 1. The minimum Gasteiger partial charge on any atom is -0.480 e. The van der Waals surface area contributed by atoms with Crippen LogP contribution in [-0.4, -0.2) is 47.6 Å². The minimum absolute atomic E-state index is 0.108. The zero-order valence-electron chi connectivity index (χ0n) is 12.6. The van der Waals surface area contributed by atoms with Gasteiger partial charge in [0, 0.05) is 13.0 Å². The molecule has 19 heavy (non-hydrogen) atoms. The highest BCUT2D eigenvalue weighted by Gasteiger charge is 2.23. The van der Waals surface area contributed by atoms with E-state index in [1.807, 2.05) is 0 Å². The Balaban J connectivity index is 4.11. The standard InChI is InChI=1S/C14H28N2O3/c1-5-7-9-16(6-2)10-8-12(17)15-13(11(3)4)14(18)19/h11,13H,5-10H2,1-4H3,(H,15,17)(H,18,19). The molecule has 0 saturated carbocycles. The average molecular weight is 272 g/mol. The summed E-state index contributed by atoms with van der Waals surface area (Å²) in [5.41, 5.74) is 0. The van der Waals surface area contributed by atoms with Crippen molar-refractivity contribution in [2.75, 3.05) is 19.6 Å². The monoisotopic (exact) mass is 272 g/mol. The van der Waals surface area contributed by atoms with Gasteiger partial charge in [0.1, 0.15) is 6.04 Å². The largest absolute Gasteiger partial charge is 0.480 e. The molecule has 2 N–H and O–H groups in total. The molecule has 1 amide bonds. The Bertz CT molecular complexity index is 280. The summed E-state index contributed by atoms with van der Waals surface area (Å²) in [5, 5.41) is 11.6. The van der Waals surface area contributed by atoms with Crippen LogP contribution in [0.4, 0.5) is 0 Å². The fourth-order valence-corrected chi connectivity index (χ4v) is 1.83. The first-order valence-electron chi connectivity index (χ1n) is 7.16. The van der Waals surface area contributed by atoms with E-state index in [1.165, 1.54) is 0 Å². The number of rotatable bonds is 10. The van der Waals surface area contributed by atoms with Crippen molar-refractivity contribution in [1.29, 1.82) is 0 Å². The van der Waals surface area contributed by atoms with Crippen molar-refractivity contribution in [3.05, 3.63) is 0 Å². The topological polar surface area (TPSA) is 69.6 Å². The number of hydrogen-bond acceptors (Lipinski definition) is 3. The Hall–Kier alpha value is -1.10. The van der Waals surface area contributed by atoms with Gasteiger partial charge in [-0.05, 0) is 25.4 Å². The van der Waals surface area contributed by atoms with Gasteiger partial charge in [-0.15, -0.1) is 0 Å². The number of aliphatic carboxylic acids is 1. The molecule has 0 saturated heterocycles. The van der Waals surface area contributed by atoms with Crippen LogP contribution in [0.1, 0.15) is 47.0 Å². The minimum atomic E-state index is -0.971. The number of unbranched alkanes of at least 4 members (excludes halogenated alkanes) is 1. The molecular formula is C14H28N2O3. The predicted octanol–water partition coefficient (Wildman–Crippen LogP) is 1.72. The molecule has 1 atom stereocenters. The second-order valence-electron chi connectivity index (χ2n) is 5.17. The van der Waals surface area contributed by atoms with Crippen molar-refractivity contribution < 1.29 is 14.7 Å². The lowest BCUT2D eigenvalue weighted by Crippen LogP contribution is -2.45. The van der Waals surface area contributed by atoms with Crippen molar-refractivity contribution in [2.45, 2.75) is 53.0 Å². The van der Waals surface area contributed by atoms with Crippen molar-refractivity contribution in [2.24, 2.45) is 5.92 Å². The van der Waals surface area contributed by atoms with Crippen LogP contribution in [-0.2, 0) is 9.59 Å². The quantitative estimate of drug-likeness (QED) is 0.635. The summed E-state index contributed by atoms with van der Waals surface area (Å²) in [6, 6.07) is -0.793. The molecule has 0 aliphatic rings. The third-order valence-corrected chi connectivity index (χ3v) is 3.18. The highest BCUT2D eigenvalue weighted by molar-refractivity contribution is 5.83. The first kappa shape index (κ1) is 17.9. The van der Waals surface area contributed by atoms with Crippen molar-refractivity contribution in [1.82, 2.24) is 10.2 Å². The molecule has 0 fully saturated rings. The van der Waals surface area contributed by atoms with Gasteiger partial charge in [0.2, 0.25) is 5.91 Å². The molecule has 0 heterocycles. The van der Waals surface area contributed by atoms with E-state index in [0.29, 0.717) is 13.0 Å². The van der Waals surface area contributed by atoms with E-state index in [-0.39, 0.29) is 11.8 Å². The van der Waals surface area contributed by atoms with E-state index in [2.05, 4.69) is 24.1 Å². The highest BCUT2D eigenvalue weighted by Crippen LogP contribution is 2.03. The van der Waals surface area contributed by atoms with E-state index < -0.39 is 12.0 Å². The molecule has 0 rings (SSSR count). The normalized spacial score (nSPS) is 12.7. The number of nitrogens with one attached hydrogen (secondary N) is 1. The van der Waals surface area contributed by atoms with Gasteiger partial charge in [0.05, 0.1) is 0 Å². The van der Waals surface area contributed by atoms with E-state index in [4.69, 9.17) is 5.11 Å². The number of carboxylic acid groups (broad SMARTS) is 1. The van der Waals surface area contributed by atoms with Crippen LogP contribution in [0.5, 0.6) is 0 Å². The molecule has 1 unspecified atom stereocenters. The summed E-state index contributed by atoms with van der Waals surface area (Å²) < 4.78 is 0. The molecule has 0 aliphatic heterocycles. The van der Waals surface area contributed by atoms with Crippen LogP contribution in [0, 0.1) is 5.92 Å². The maximum Gasteiger partial charge on any atom is 0.326 e. The van der Waals surface area contributed by atoms with Crippen molar-refractivity contribution in [3.63, 3.8) is 0 Å². The second kappa shape index (κ2) is 9.78. The van der Waals surface area contributed by atoms with Gasteiger partial charge in [-0.3, -0.25) is 4.79 Å². The Morgan fingerprint density at radius 1 is 1.21 bits per heavy atom. The summed E-state index contributed by atoms with van der Waals surface area (Å²) in [7, 11) is 0. The summed E-state index contributed by atoms with van der Waals surface area (Å²) in [4.78, 5) is 25.0. The lowest BCUT2D eigenvalue weighted by molar-refractivity contribution is -0.143. The van der Waals surface area contributed by atoms with E-state index in [9.17, 15) is 9.59 Å². The first-order valence-corrected chi connectivity index (χ1v) is 7.16. The highest BCUT2D eigenvalue weighted by atomic mass is 16.4. The number of nitrogens with zero attached hydrogens (tertiary/aromatic N) is 1. The maximum atomic E-state index is 11.8. The molecule has 0 spiro atoms. The molecule has 0 aromatic carbocycles. The van der Waals surface area contributed by atoms with E-state index >= 15 is 0 Å². The fourth-order valence-electron chi connectivity index (χ4n) is 1.83. The lowest BCUT2D eigenvalue weighted by atomic mass is 10.0. The van der Waals surface area contributed by atoms with E-state index in [0.717, 1.165) is 25.9 Å². The zero-order chi connectivity index (χ0) is 14.8. The number of carbonyl (C=O) groups is 2. The third kappa shape index (κ3) is 7.82. The third-order valence-electron chi connectivity index (χ3n) is 3.18. The molecule has 5 heteroatoms. The van der Waals surface area contributed by atoms with Gasteiger partial charge in [-0.1, -0.05) is 34.1 Å². The van der Waals surface area contributed by atoms with Gasteiger partial charge in [-0.25, -0.2) is 4.79 Å². The van der Waals surface area contributed by atoms with Crippen LogP contribution in [0.2, 0.25) is 0 Å². The van der Waals surface area contributed by atoms with Crippen LogP contribution < -0.4 is 5.32 Å². The van der Waals surface area contributed by atoms with Crippen LogP contribution in [0.3, 0.4) is 0 Å². The Kier molecular flexibility index (Phi) is 9.21. The predicted molar refractivity (Wildman–Crippen MR) is 76.0 cm³/mol. The fraction of sp³-hybridized carbons (Fsp3) is 0.857. The maximum absolute atomic E-state index is 11.8.